The highest BCUT2D eigenvalue weighted by atomic mass is 35.5. The number of carbonyl (C=O) groups excluding carboxylic acids is 1. The van der Waals surface area contributed by atoms with Gasteiger partial charge in [-0.2, -0.15) is 0 Å². The fraction of sp³-hybridized carbons (Fsp3) is 0.138. The molecule has 0 radical (unpaired) electrons. The largest absolute Gasteiger partial charge is 0.325 e. The van der Waals surface area contributed by atoms with E-state index in [-0.39, 0.29) is 16.9 Å². The first-order valence-electron chi connectivity index (χ1n) is 11.6. The van der Waals surface area contributed by atoms with Gasteiger partial charge < -0.3 is 9.13 Å². The maximum absolute atomic E-state index is 13.7. The van der Waals surface area contributed by atoms with Crippen LogP contribution < -0.4 is 5.56 Å². The van der Waals surface area contributed by atoms with Gasteiger partial charge in [-0.15, -0.1) is 0 Å². The van der Waals surface area contributed by atoms with Crippen molar-refractivity contribution < 1.29 is 4.79 Å². The van der Waals surface area contributed by atoms with Crippen molar-refractivity contribution in [3.05, 3.63) is 106 Å². The standard InChI is InChI=1S/C29H24ClN3O2/c1-3-32-24-13-9-8-12-22(24)31-26(32)17-16-25(34)28-27(19-10-6-5-7-11-19)21-18-20(30)14-15-23(21)33(4-2)29(28)35/h5-18H,3-4H2,1-2H3/b17-16+. The Kier molecular flexibility index (Phi) is 6.10. The van der Waals surface area contributed by atoms with E-state index in [9.17, 15) is 9.59 Å². The molecule has 0 amide bonds. The molecular formula is C29H24ClN3O2. The second-order valence-electron chi connectivity index (χ2n) is 8.23. The summed E-state index contributed by atoms with van der Waals surface area (Å²) in [5.74, 6) is 0.301. The number of pyridine rings is 1. The molecule has 0 aliphatic carbocycles. The number of aryl methyl sites for hydroxylation is 2. The third-order valence-corrected chi connectivity index (χ3v) is 6.47. The van der Waals surface area contributed by atoms with Gasteiger partial charge in [0.15, 0.2) is 5.78 Å². The Balaban J connectivity index is 1.74. The number of halogens is 1. The van der Waals surface area contributed by atoms with Crippen LogP contribution in [-0.4, -0.2) is 19.9 Å². The van der Waals surface area contributed by atoms with Gasteiger partial charge in [0, 0.05) is 29.1 Å². The van der Waals surface area contributed by atoms with E-state index >= 15 is 0 Å². The average Bonchev–Trinajstić information content (AvgIpc) is 3.24. The molecule has 6 heteroatoms. The van der Waals surface area contributed by atoms with Gasteiger partial charge in [0.2, 0.25) is 0 Å². The molecule has 3 aromatic carbocycles. The van der Waals surface area contributed by atoms with Crippen LogP contribution in [0.25, 0.3) is 39.1 Å². The summed E-state index contributed by atoms with van der Waals surface area (Å²) in [6.07, 6.45) is 3.14. The van der Waals surface area contributed by atoms with Crippen LogP contribution in [0.4, 0.5) is 0 Å². The van der Waals surface area contributed by atoms with Crippen molar-refractivity contribution in [1.29, 1.82) is 0 Å². The van der Waals surface area contributed by atoms with E-state index in [4.69, 9.17) is 11.6 Å². The summed E-state index contributed by atoms with van der Waals surface area (Å²) in [4.78, 5) is 32.0. The van der Waals surface area contributed by atoms with Crippen LogP contribution in [-0.2, 0) is 13.1 Å². The van der Waals surface area contributed by atoms with E-state index in [2.05, 4.69) is 4.98 Å². The van der Waals surface area contributed by atoms with Gasteiger partial charge in [0.1, 0.15) is 5.82 Å². The van der Waals surface area contributed by atoms with Crippen molar-refractivity contribution >= 4 is 45.4 Å². The molecular weight excluding hydrogens is 458 g/mol. The smallest absolute Gasteiger partial charge is 0.262 e. The summed E-state index contributed by atoms with van der Waals surface area (Å²) in [5.41, 5.74) is 3.80. The zero-order chi connectivity index (χ0) is 24.5. The summed E-state index contributed by atoms with van der Waals surface area (Å²) >= 11 is 6.36. The van der Waals surface area contributed by atoms with Crippen molar-refractivity contribution in [2.75, 3.05) is 0 Å². The minimum Gasteiger partial charge on any atom is -0.325 e. The Hall–Kier alpha value is -3.96. The molecule has 2 aromatic heterocycles. The summed E-state index contributed by atoms with van der Waals surface area (Å²) < 4.78 is 3.67. The third kappa shape index (κ3) is 3.98. The molecule has 0 N–H and O–H groups in total. The molecule has 0 bridgehead atoms. The molecule has 0 saturated carbocycles. The van der Waals surface area contributed by atoms with Gasteiger partial charge in [-0.1, -0.05) is 54.1 Å². The van der Waals surface area contributed by atoms with Crippen LogP contribution in [0, 0.1) is 0 Å². The van der Waals surface area contributed by atoms with Crippen molar-refractivity contribution in [1.82, 2.24) is 14.1 Å². The number of para-hydroxylation sites is 2. The zero-order valence-electron chi connectivity index (χ0n) is 19.5. The lowest BCUT2D eigenvalue weighted by atomic mass is 9.93. The van der Waals surface area contributed by atoms with Crippen LogP contribution in [0.1, 0.15) is 30.0 Å². The third-order valence-electron chi connectivity index (χ3n) is 6.24. The second kappa shape index (κ2) is 9.35. The monoisotopic (exact) mass is 481 g/mol. The number of imidazole rings is 1. The number of ketones is 1. The number of allylic oxidation sites excluding steroid dienone is 1. The first kappa shape index (κ1) is 22.8. The van der Waals surface area contributed by atoms with E-state index in [0.717, 1.165) is 27.5 Å². The van der Waals surface area contributed by atoms with Gasteiger partial charge in [-0.25, -0.2) is 4.98 Å². The number of aromatic nitrogens is 3. The molecule has 0 atom stereocenters. The molecule has 2 heterocycles. The number of benzene rings is 3. The van der Waals surface area contributed by atoms with Gasteiger partial charge in [-0.05, 0) is 61.9 Å². The van der Waals surface area contributed by atoms with E-state index < -0.39 is 0 Å². The molecule has 5 nitrogen and oxygen atoms in total. The van der Waals surface area contributed by atoms with E-state index in [1.165, 1.54) is 6.08 Å². The van der Waals surface area contributed by atoms with Crippen LogP contribution in [0.3, 0.4) is 0 Å². The predicted octanol–water partition coefficient (Wildman–Crippen LogP) is 6.61. The van der Waals surface area contributed by atoms with Crippen molar-refractivity contribution in [2.24, 2.45) is 0 Å². The molecule has 0 aliphatic rings. The van der Waals surface area contributed by atoms with E-state index in [0.29, 0.717) is 29.5 Å². The van der Waals surface area contributed by atoms with Crippen molar-refractivity contribution in [3.8, 4) is 11.1 Å². The van der Waals surface area contributed by atoms with E-state index in [1.54, 1.807) is 16.7 Å². The van der Waals surface area contributed by atoms with Gasteiger partial charge in [-0.3, -0.25) is 9.59 Å². The lowest BCUT2D eigenvalue weighted by Gasteiger charge is -2.16. The fourth-order valence-electron chi connectivity index (χ4n) is 4.66. The van der Waals surface area contributed by atoms with Crippen LogP contribution in [0.15, 0.2) is 83.7 Å². The summed E-state index contributed by atoms with van der Waals surface area (Å²) in [5, 5.41) is 1.31. The molecule has 174 valence electrons. The predicted molar refractivity (Wildman–Crippen MR) is 143 cm³/mol. The second-order valence-corrected chi connectivity index (χ2v) is 8.66. The molecule has 0 aliphatic heterocycles. The highest BCUT2D eigenvalue weighted by molar-refractivity contribution is 6.31. The Morgan fingerprint density at radius 3 is 2.37 bits per heavy atom. The lowest BCUT2D eigenvalue weighted by molar-refractivity contribution is 0.104. The summed E-state index contributed by atoms with van der Waals surface area (Å²) in [6, 6.07) is 22.8. The van der Waals surface area contributed by atoms with Crippen molar-refractivity contribution in [2.45, 2.75) is 26.9 Å². The molecule has 0 unspecified atom stereocenters. The van der Waals surface area contributed by atoms with Crippen LogP contribution in [0.2, 0.25) is 5.02 Å². The molecule has 35 heavy (non-hydrogen) atoms. The molecule has 5 aromatic rings. The Morgan fingerprint density at radius 1 is 0.914 bits per heavy atom. The first-order chi connectivity index (χ1) is 17.0. The van der Waals surface area contributed by atoms with Crippen molar-refractivity contribution in [3.63, 3.8) is 0 Å². The first-order valence-corrected chi connectivity index (χ1v) is 12.0. The van der Waals surface area contributed by atoms with Crippen LogP contribution >= 0.6 is 11.6 Å². The summed E-state index contributed by atoms with van der Waals surface area (Å²) in [7, 11) is 0. The Bertz CT molecular complexity index is 1660. The lowest BCUT2D eigenvalue weighted by Crippen LogP contribution is -2.27. The summed E-state index contributed by atoms with van der Waals surface area (Å²) in [6.45, 7) is 5.07. The fourth-order valence-corrected chi connectivity index (χ4v) is 4.84. The number of carbonyl (C=O) groups is 1. The maximum Gasteiger partial charge on any atom is 0.262 e. The Labute approximate surface area is 207 Å². The Morgan fingerprint density at radius 2 is 1.63 bits per heavy atom. The molecule has 5 rings (SSSR count). The molecule has 0 fully saturated rings. The SMILES string of the molecule is CCn1c(/C=C/C(=O)c2c(-c3ccccc3)c3cc(Cl)ccc3n(CC)c2=O)nc2ccccc21. The number of rotatable bonds is 6. The van der Waals surface area contributed by atoms with Gasteiger partial charge >= 0.3 is 0 Å². The minimum atomic E-state index is -0.368. The topological polar surface area (TPSA) is 56.9 Å². The average molecular weight is 482 g/mol. The normalized spacial score (nSPS) is 11.6. The maximum atomic E-state index is 13.7. The quantitative estimate of drug-likeness (QED) is 0.202. The number of nitrogens with zero attached hydrogens (tertiary/aromatic N) is 3. The van der Waals surface area contributed by atoms with E-state index in [1.807, 2.05) is 85.1 Å². The zero-order valence-corrected chi connectivity index (χ0v) is 20.3. The number of fused-ring (bicyclic) bond motifs is 2. The highest BCUT2D eigenvalue weighted by Crippen LogP contribution is 2.33. The molecule has 0 spiro atoms. The highest BCUT2D eigenvalue weighted by Gasteiger charge is 2.22. The minimum absolute atomic E-state index is 0.128. The van der Waals surface area contributed by atoms with Gasteiger partial charge in [0.05, 0.1) is 22.1 Å². The van der Waals surface area contributed by atoms with Crippen LogP contribution in [0.5, 0.6) is 0 Å². The van der Waals surface area contributed by atoms with Gasteiger partial charge in [0.25, 0.3) is 5.56 Å². The number of hydrogen-bond donors (Lipinski definition) is 0. The molecule has 0 saturated heterocycles. The number of hydrogen-bond acceptors (Lipinski definition) is 3.